The molecule has 1 aromatic rings. The predicted molar refractivity (Wildman–Crippen MR) is 91.5 cm³/mol. The van der Waals surface area contributed by atoms with Gasteiger partial charge in [0.15, 0.2) is 0 Å². The van der Waals surface area contributed by atoms with Gasteiger partial charge >= 0.3 is 0 Å². The maximum atomic E-state index is 4.70. The van der Waals surface area contributed by atoms with Gasteiger partial charge in [-0.25, -0.2) is 0 Å². The van der Waals surface area contributed by atoms with Crippen LogP contribution in [0.3, 0.4) is 0 Å². The number of rotatable bonds is 6. The molecule has 2 heterocycles. The highest BCUT2D eigenvalue weighted by molar-refractivity contribution is 9.10. The highest BCUT2D eigenvalue weighted by Crippen LogP contribution is 2.24. The first-order valence-corrected chi connectivity index (χ1v) is 9.03. The highest BCUT2D eigenvalue weighted by atomic mass is 79.9. The summed E-state index contributed by atoms with van der Waals surface area (Å²) in [7, 11) is 0. The van der Waals surface area contributed by atoms with Gasteiger partial charge in [0.2, 0.25) is 0 Å². The fraction of sp³-hybridized carbons (Fsp3) is 0.812. The minimum atomic E-state index is 0.763. The van der Waals surface area contributed by atoms with E-state index < -0.39 is 0 Å². The smallest absolute Gasteiger partial charge is 0.0767 e. The number of piperazine rings is 1. The molecule has 2 rings (SSSR count). The van der Waals surface area contributed by atoms with E-state index in [1.807, 2.05) is 0 Å². The standard InChI is InChI=1S/C16H29BrN4/c1-5-14-16(17)15(21(6-2)18-14)12-20-9-7-19(8-10-20)11-13(3)4/h13H,5-12H2,1-4H3. The van der Waals surface area contributed by atoms with Gasteiger partial charge in [0.05, 0.1) is 15.9 Å². The Morgan fingerprint density at radius 3 is 2.24 bits per heavy atom. The molecule has 1 aliphatic heterocycles. The third-order valence-corrected chi connectivity index (χ3v) is 5.07. The first-order chi connectivity index (χ1) is 10.0. The zero-order valence-electron chi connectivity index (χ0n) is 13.9. The van der Waals surface area contributed by atoms with Gasteiger partial charge in [0.25, 0.3) is 0 Å². The van der Waals surface area contributed by atoms with Crippen molar-refractivity contribution < 1.29 is 0 Å². The minimum absolute atomic E-state index is 0.763. The Kier molecular flexibility index (Phi) is 6.26. The summed E-state index contributed by atoms with van der Waals surface area (Å²) < 4.78 is 3.38. The Balaban J connectivity index is 1.96. The second-order valence-electron chi connectivity index (χ2n) is 6.35. The van der Waals surface area contributed by atoms with Crippen molar-refractivity contribution in [2.45, 2.75) is 47.2 Å². The second kappa shape index (κ2) is 7.75. The average Bonchev–Trinajstić information content (AvgIpc) is 2.77. The number of aromatic nitrogens is 2. The largest absolute Gasteiger partial charge is 0.301 e. The molecule has 0 spiro atoms. The third-order valence-electron chi connectivity index (χ3n) is 4.16. The van der Waals surface area contributed by atoms with Crippen LogP contribution < -0.4 is 0 Å². The molecule has 1 saturated heterocycles. The molecule has 0 bridgehead atoms. The molecule has 1 aliphatic rings. The SMILES string of the molecule is CCc1nn(CC)c(CN2CCN(CC(C)C)CC2)c1Br. The van der Waals surface area contributed by atoms with Crippen LogP contribution in [0.5, 0.6) is 0 Å². The molecular weight excluding hydrogens is 328 g/mol. The van der Waals surface area contributed by atoms with Gasteiger partial charge in [-0.05, 0) is 35.2 Å². The third kappa shape index (κ3) is 4.30. The molecule has 0 saturated carbocycles. The quantitative estimate of drug-likeness (QED) is 0.782. The van der Waals surface area contributed by atoms with Crippen molar-refractivity contribution >= 4 is 15.9 Å². The van der Waals surface area contributed by atoms with Crippen LogP contribution in [0.25, 0.3) is 0 Å². The fourth-order valence-electron chi connectivity index (χ4n) is 3.03. The van der Waals surface area contributed by atoms with Crippen molar-refractivity contribution in [3.05, 3.63) is 15.9 Å². The van der Waals surface area contributed by atoms with E-state index in [1.54, 1.807) is 0 Å². The Hall–Kier alpha value is -0.390. The van der Waals surface area contributed by atoms with Crippen molar-refractivity contribution in [3.63, 3.8) is 0 Å². The van der Waals surface area contributed by atoms with Gasteiger partial charge in [-0.2, -0.15) is 5.10 Å². The molecule has 0 aliphatic carbocycles. The summed E-state index contributed by atoms with van der Waals surface area (Å²) in [6.45, 7) is 16.8. The molecular formula is C16H29BrN4. The van der Waals surface area contributed by atoms with Crippen LogP contribution in [0.2, 0.25) is 0 Å². The normalized spacial score (nSPS) is 17.8. The van der Waals surface area contributed by atoms with Crippen LogP contribution in [-0.4, -0.2) is 52.3 Å². The summed E-state index contributed by atoms with van der Waals surface area (Å²) in [5.41, 5.74) is 2.52. The van der Waals surface area contributed by atoms with Crippen molar-refractivity contribution in [1.82, 2.24) is 19.6 Å². The lowest BCUT2D eigenvalue weighted by Gasteiger charge is -2.35. The minimum Gasteiger partial charge on any atom is -0.301 e. The number of nitrogens with zero attached hydrogens (tertiary/aromatic N) is 4. The zero-order chi connectivity index (χ0) is 15.4. The van der Waals surface area contributed by atoms with Crippen LogP contribution in [0.15, 0.2) is 4.47 Å². The number of halogens is 1. The summed E-state index contributed by atoms with van der Waals surface area (Å²) in [5.74, 6) is 0.763. The van der Waals surface area contributed by atoms with Crippen molar-refractivity contribution in [2.24, 2.45) is 5.92 Å². The van der Waals surface area contributed by atoms with E-state index in [-0.39, 0.29) is 0 Å². The van der Waals surface area contributed by atoms with Crippen LogP contribution >= 0.6 is 15.9 Å². The molecule has 0 N–H and O–H groups in total. The summed E-state index contributed by atoms with van der Waals surface area (Å²) in [5, 5.41) is 4.70. The number of hydrogen-bond acceptors (Lipinski definition) is 3. The molecule has 4 nitrogen and oxygen atoms in total. The maximum Gasteiger partial charge on any atom is 0.0767 e. The van der Waals surface area contributed by atoms with Gasteiger partial charge in [-0.1, -0.05) is 20.8 Å². The van der Waals surface area contributed by atoms with Crippen molar-refractivity contribution in [2.75, 3.05) is 32.7 Å². The predicted octanol–water partition coefficient (Wildman–Crippen LogP) is 3.00. The Morgan fingerprint density at radius 2 is 1.71 bits per heavy atom. The van der Waals surface area contributed by atoms with E-state index in [2.05, 4.69) is 58.1 Å². The first-order valence-electron chi connectivity index (χ1n) is 8.23. The molecule has 0 amide bonds. The number of hydrogen-bond donors (Lipinski definition) is 0. The van der Waals surface area contributed by atoms with E-state index in [9.17, 15) is 0 Å². The molecule has 21 heavy (non-hydrogen) atoms. The van der Waals surface area contributed by atoms with E-state index in [4.69, 9.17) is 5.10 Å². The first kappa shape index (κ1) is 17.0. The van der Waals surface area contributed by atoms with Crippen LogP contribution in [0, 0.1) is 5.92 Å². The molecule has 0 unspecified atom stereocenters. The Bertz CT molecular complexity index is 447. The molecule has 1 aromatic heterocycles. The van der Waals surface area contributed by atoms with E-state index in [0.717, 1.165) is 38.5 Å². The molecule has 0 atom stereocenters. The highest BCUT2D eigenvalue weighted by Gasteiger charge is 2.21. The molecule has 0 radical (unpaired) electrons. The van der Waals surface area contributed by atoms with Gasteiger partial charge in [-0.3, -0.25) is 9.58 Å². The van der Waals surface area contributed by atoms with Gasteiger partial charge in [0, 0.05) is 45.8 Å². The summed E-state index contributed by atoms with van der Waals surface area (Å²) in [6, 6.07) is 0. The monoisotopic (exact) mass is 356 g/mol. The summed E-state index contributed by atoms with van der Waals surface area (Å²) in [4.78, 5) is 5.15. The lowest BCUT2D eigenvalue weighted by atomic mass is 10.2. The van der Waals surface area contributed by atoms with E-state index >= 15 is 0 Å². The Morgan fingerprint density at radius 1 is 1.10 bits per heavy atom. The van der Waals surface area contributed by atoms with Gasteiger partial charge < -0.3 is 4.90 Å². The zero-order valence-corrected chi connectivity index (χ0v) is 15.5. The van der Waals surface area contributed by atoms with E-state index in [0.29, 0.717) is 0 Å². The van der Waals surface area contributed by atoms with Crippen LogP contribution in [0.1, 0.15) is 39.1 Å². The molecule has 0 aromatic carbocycles. The summed E-state index contributed by atoms with van der Waals surface area (Å²) in [6.07, 6.45) is 0.989. The van der Waals surface area contributed by atoms with Crippen molar-refractivity contribution in [1.29, 1.82) is 0 Å². The van der Waals surface area contributed by atoms with Crippen LogP contribution in [0.4, 0.5) is 0 Å². The van der Waals surface area contributed by atoms with Gasteiger partial charge in [0.1, 0.15) is 0 Å². The molecule has 5 heteroatoms. The fourth-order valence-corrected chi connectivity index (χ4v) is 3.72. The second-order valence-corrected chi connectivity index (χ2v) is 7.14. The summed E-state index contributed by atoms with van der Waals surface area (Å²) >= 11 is 3.75. The lowest BCUT2D eigenvalue weighted by Crippen LogP contribution is -2.47. The topological polar surface area (TPSA) is 24.3 Å². The molecule has 1 fully saturated rings. The van der Waals surface area contributed by atoms with Crippen LogP contribution in [-0.2, 0) is 19.5 Å². The van der Waals surface area contributed by atoms with Gasteiger partial charge in [-0.15, -0.1) is 0 Å². The molecule has 120 valence electrons. The average molecular weight is 357 g/mol. The van der Waals surface area contributed by atoms with Crippen molar-refractivity contribution in [3.8, 4) is 0 Å². The van der Waals surface area contributed by atoms with E-state index in [1.165, 1.54) is 35.5 Å². The Labute approximate surface area is 137 Å². The lowest BCUT2D eigenvalue weighted by molar-refractivity contribution is 0.115. The maximum absolute atomic E-state index is 4.70. The number of aryl methyl sites for hydroxylation is 2.